The van der Waals surface area contributed by atoms with Crippen LogP contribution in [0, 0.1) is 0 Å². The van der Waals surface area contributed by atoms with Crippen LogP contribution in [0.2, 0.25) is 0 Å². The second-order valence-electron chi connectivity index (χ2n) is 2.66. The lowest BCUT2D eigenvalue weighted by molar-refractivity contribution is -0.136. The van der Waals surface area contributed by atoms with E-state index in [4.69, 9.17) is 10.2 Å². The van der Waals surface area contributed by atoms with E-state index in [1.54, 1.807) is 0 Å². The highest BCUT2D eigenvalue weighted by Gasteiger charge is 2.15. The molecule has 0 fully saturated rings. The predicted molar refractivity (Wildman–Crippen MR) is 55.3 cm³/mol. The Hall–Kier alpha value is -2.04. The highest BCUT2D eigenvalue weighted by Crippen LogP contribution is 2.05. The van der Waals surface area contributed by atoms with Gasteiger partial charge in [0.15, 0.2) is 0 Å². The summed E-state index contributed by atoms with van der Waals surface area (Å²) in [5, 5.41) is 17.3. The van der Waals surface area contributed by atoms with Crippen molar-refractivity contribution in [3.05, 3.63) is 37.1 Å². The summed E-state index contributed by atoms with van der Waals surface area (Å²) in [4.78, 5) is 22.5. The predicted octanol–water partition coefficient (Wildman–Crippen LogP) is 0.713. The van der Waals surface area contributed by atoms with E-state index in [9.17, 15) is 9.59 Å². The molecule has 0 aliphatic rings. The maximum absolute atomic E-state index is 10.8. The molecule has 0 saturated heterocycles. The van der Waals surface area contributed by atoms with Crippen molar-refractivity contribution in [3.63, 3.8) is 0 Å². The van der Waals surface area contributed by atoms with Crippen LogP contribution in [0.4, 0.5) is 0 Å². The van der Waals surface area contributed by atoms with Crippen LogP contribution < -0.4 is 0 Å². The molecule has 5 heteroatoms. The van der Waals surface area contributed by atoms with Crippen LogP contribution in [0.1, 0.15) is 0 Å². The SMILES string of the molecule is C=CCN(CC=C)C(=CC(=O)O)C(=O)O. The van der Waals surface area contributed by atoms with Gasteiger partial charge in [-0.3, -0.25) is 0 Å². The van der Waals surface area contributed by atoms with Gasteiger partial charge in [0.1, 0.15) is 5.70 Å². The summed E-state index contributed by atoms with van der Waals surface area (Å²) >= 11 is 0. The fourth-order valence-corrected chi connectivity index (χ4v) is 0.988. The first-order chi connectivity index (χ1) is 7.02. The number of hydrogen-bond donors (Lipinski definition) is 2. The summed E-state index contributed by atoms with van der Waals surface area (Å²) in [7, 11) is 0. The Morgan fingerprint density at radius 2 is 1.60 bits per heavy atom. The molecule has 15 heavy (non-hydrogen) atoms. The standard InChI is InChI=1S/C10H13NO4/c1-3-5-11(6-4-2)8(10(14)15)7-9(12)13/h3-4,7H,1-2,5-6H2,(H,12,13)(H,14,15). The third-order valence-corrected chi connectivity index (χ3v) is 1.52. The lowest BCUT2D eigenvalue weighted by Gasteiger charge is -2.21. The highest BCUT2D eigenvalue weighted by molar-refractivity contribution is 5.94. The van der Waals surface area contributed by atoms with Crippen molar-refractivity contribution >= 4 is 11.9 Å². The van der Waals surface area contributed by atoms with E-state index >= 15 is 0 Å². The van der Waals surface area contributed by atoms with E-state index in [-0.39, 0.29) is 18.8 Å². The molecule has 0 aliphatic carbocycles. The molecule has 5 nitrogen and oxygen atoms in total. The maximum Gasteiger partial charge on any atom is 0.352 e. The summed E-state index contributed by atoms with van der Waals surface area (Å²) in [6.07, 6.45) is 3.62. The lowest BCUT2D eigenvalue weighted by atomic mass is 10.3. The third kappa shape index (κ3) is 4.66. The fourth-order valence-electron chi connectivity index (χ4n) is 0.988. The van der Waals surface area contributed by atoms with Gasteiger partial charge in [0.25, 0.3) is 0 Å². The summed E-state index contributed by atoms with van der Waals surface area (Å²) < 4.78 is 0. The summed E-state index contributed by atoms with van der Waals surface area (Å²) in [5.74, 6) is -2.59. The highest BCUT2D eigenvalue weighted by atomic mass is 16.4. The molecule has 0 aromatic rings. The van der Waals surface area contributed by atoms with Crippen molar-refractivity contribution in [1.82, 2.24) is 4.90 Å². The van der Waals surface area contributed by atoms with Crippen molar-refractivity contribution in [1.29, 1.82) is 0 Å². The molecule has 0 atom stereocenters. The Morgan fingerprint density at radius 3 is 1.87 bits per heavy atom. The fraction of sp³-hybridized carbons (Fsp3) is 0.200. The first-order valence-corrected chi connectivity index (χ1v) is 4.17. The number of rotatable bonds is 7. The van der Waals surface area contributed by atoms with Crippen molar-refractivity contribution in [2.75, 3.05) is 13.1 Å². The van der Waals surface area contributed by atoms with Gasteiger partial charge < -0.3 is 15.1 Å². The average Bonchev–Trinajstić information content (AvgIpc) is 2.13. The monoisotopic (exact) mass is 211 g/mol. The van der Waals surface area contributed by atoms with Gasteiger partial charge in [-0.2, -0.15) is 0 Å². The Morgan fingerprint density at radius 1 is 1.13 bits per heavy atom. The minimum absolute atomic E-state index is 0.247. The Kier molecular flexibility index (Phi) is 5.55. The van der Waals surface area contributed by atoms with Crippen LogP contribution in [-0.4, -0.2) is 40.1 Å². The minimum Gasteiger partial charge on any atom is -0.478 e. The first-order valence-electron chi connectivity index (χ1n) is 4.17. The molecule has 0 spiro atoms. The third-order valence-electron chi connectivity index (χ3n) is 1.52. The van der Waals surface area contributed by atoms with Crippen LogP contribution in [-0.2, 0) is 9.59 Å². The zero-order chi connectivity index (χ0) is 11.8. The van der Waals surface area contributed by atoms with E-state index in [0.717, 1.165) is 0 Å². The van der Waals surface area contributed by atoms with Crippen LogP contribution in [0.15, 0.2) is 37.1 Å². The average molecular weight is 211 g/mol. The quantitative estimate of drug-likeness (QED) is 0.479. The van der Waals surface area contributed by atoms with Crippen molar-refractivity contribution in [2.45, 2.75) is 0 Å². The van der Waals surface area contributed by atoms with E-state index < -0.39 is 11.9 Å². The van der Waals surface area contributed by atoms with Gasteiger partial charge in [0.05, 0.1) is 6.08 Å². The van der Waals surface area contributed by atoms with Crippen LogP contribution >= 0.6 is 0 Å². The van der Waals surface area contributed by atoms with Crippen molar-refractivity contribution in [3.8, 4) is 0 Å². The molecule has 0 radical (unpaired) electrons. The number of carboxylic acid groups (broad SMARTS) is 2. The number of hydrogen-bond acceptors (Lipinski definition) is 3. The molecule has 0 saturated carbocycles. The molecular formula is C10H13NO4. The number of carbonyl (C=O) groups is 2. The molecule has 0 heterocycles. The van der Waals surface area contributed by atoms with Crippen LogP contribution in [0.5, 0.6) is 0 Å². The van der Waals surface area contributed by atoms with E-state index in [0.29, 0.717) is 6.08 Å². The molecule has 0 rings (SSSR count). The molecule has 2 N–H and O–H groups in total. The molecule has 0 unspecified atom stereocenters. The molecule has 0 amide bonds. The van der Waals surface area contributed by atoms with Crippen LogP contribution in [0.25, 0.3) is 0 Å². The Balaban J connectivity index is 4.98. The Bertz CT molecular complexity index is 297. The van der Waals surface area contributed by atoms with E-state index in [1.807, 2.05) is 0 Å². The van der Waals surface area contributed by atoms with E-state index in [2.05, 4.69) is 13.2 Å². The zero-order valence-electron chi connectivity index (χ0n) is 8.22. The Labute approximate surface area is 87.6 Å². The largest absolute Gasteiger partial charge is 0.478 e. The smallest absolute Gasteiger partial charge is 0.352 e. The number of aliphatic carboxylic acids is 2. The first kappa shape index (κ1) is 13.0. The molecule has 0 aromatic carbocycles. The number of carboxylic acids is 2. The zero-order valence-corrected chi connectivity index (χ0v) is 8.22. The summed E-state index contributed by atoms with van der Waals surface area (Å²) in [6.45, 7) is 7.42. The number of nitrogens with zero attached hydrogens (tertiary/aromatic N) is 1. The molecule has 0 aromatic heterocycles. The van der Waals surface area contributed by atoms with Gasteiger partial charge in [0, 0.05) is 13.1 Å². The second kappa shape index (κ2) is 6.42. The van der Waals surface area contributed by atoms with Gasteiger partial charge in [-0.1, -0.05) is 12.2 Å². The van der Waals surface area contributed by atoms with Gasteiger partial charge in [0.2, 0.25) is 0 Å². The van der Waals surface area contributed by atoms with Gasteiger partial charge in [-0.15, -0.1) is 13.2 Å². The second-order valence-corrected chi connectivity index (χ2v) is 2.66. The topological polar surface area (TPSA) is 77.8 Å². The minimum atomic E-state index is -1.30. The normalized spacial score (nSPS) is 10.5. The van der Waals surface area contributed by atoms with Crippen LogP contribution in [0.3, 0.4) is 0 Å². The van der Waals surface area contributed by atoms with Gasteiger partial charge in [-0.25, -0.2) is 9.59 Å². The molecule has 0 aliphatic heterocycles. The van der Waals surface area contributed by atoms with Gasteiger partial charge >= 0.3 is 11.9 Å². The maximum atomic E-state index is 10.8. The van der Waals surface area contributed by atoms with E-state index in [1.165, 1.54) is 17.1 Å². The van der Waals surface area contributed by atoms with Crippen molar-refractivity contribution in [2.24, 2.45) is 0 Å². The summed E-state index contributed by atoms with van der Waals surface area (Å²) in [6, 6.07) is 0. The lowest BCUT2D eigenvalue weighted by Crippen LogP contribution is -2.28. The van der Waals surface area contributed by atoms with Gasteiger partial charge in [-0.05, 0) is 0 Å². The molecular weight excluding hydrogens is 198 g/mol. The molecule has 0 bridgehead atoms. The molecule has 82 valence electrons. The van der Waals surface area contributed by atoms with Crippen molar-refractivity contribution < 1.29 is 19.8 Å². The summed E-state index contributed by atoms with van der Waals surface area (Å²) in [5.41, 5.74) is -0.290.